The molecule has 30 heavy (non-hydrogen) atoms. The highest BCUT2D eigenvalue weighted by molar-refractivity contribution is 7.91. The lowest BCUT2D eigenvalue weighted by atomic mass is 9.87. The van der Waals surface area contributed by atoms with Gasteiger partial charge in [0, 0.05) is 18.5 Å². The zero-order valence-electron chi connectivity index (χ0n) is 17.7. The Labute approximate surface area is 177 Å². The molecule has 7 nitrogen and oxygen atoms in total. The number of hydrogen-bond donors (Lipinski definition) is 3. The molecule has 3 N–H and O–H groups in total. The van der Waals surface area contributed by atoms with Gasteiger partial charge in [-0.2, -0.15) is 0 Å². The second-order valence-corrected chi connectivity index (χ2v) is 10.2. The first-order valence-electron chi connectivity index (χ1n) is 9.68. The lowest BCUT2D eigenvalue weighted by Gasteiger charge is -2.19. The van der Waals surface area contributed by atoms with Crippen molar-refractivity contribution in [1.29, 1.82) is 0 Å². The quantitative estimate of drug-likeness (QED) is 0.582. The Kier molecular flexibility index (Phi) is 7.25. The number of hydrogen-bond acceptors (Lipinski definition) is 5. The van der Waals surface area contributed by atoms with Crippen LogP contribution in [0.2, 0.25) is 0 Å². The van der Waals surface area contributed by atoms with E-state index in [1.807, 2.05) is 12.1 Å². The van der Waals surface area contributed by atoms with Crippen LogP contribution in [0.1, 0.15) is 50.0 Å². The van der Waals surface area contributed by atoms with E-state index in [2.05, 4.69) is 31.4 Å². The Morgan fingerprint density at radius 2 is 1.67 bits per heavy atom. The van der Waals surface area contributed by atoms with Crippen molar-refractivity contribution < 1.29 is 23.1 Å². The first-order chi connectivity index (χ1) is 13.9. The maximum Gasteiger partial charge on any atom is 0.251 e. The van der Waals surface area contributed by atoms with E-state index in [-0.39, 0.29) is 46.4 Å². The molecular formula is C22H28N2O5S. The van der Waals surface area contributed by atoms with Crippen molar-refractivity contribution in [3.8, 4) is 5.75 Å². The fraction of sp³-hybridized carbons (Fsp3) is 0.364. The van der Waals surface area contributed by atoms with Crippen LogP contribution in [0.4, 0.5) is 5.69 Å². The number of sulfone groups is 1. The summed E-state index contributed by atoms with van der Waals surface area (Å²) in [6.45, 7) is 7.88. The second kappa shape index (κ2) is 9.30. The third kappa shape index (κ3) is 6.06. The van der Waals surface area contributed by atoms with Gasteiger partial charge in [-0.3, -0.25) is 9.59 Å². The molecule has 0 aliphatic rings. The van der Waals surface area contributed by atoms with E-state index in [0.29, 0.717) is 5.56 Å². The van der Waals surface area contributed by atoms with E-state index < -0.39 is 15.7 Å². The topological polar surface area (TPSA) is 113 Å². The molecule has 0 bridgehead atoms. The molecule has 0 saturated carbocycles. The Hall–Kier alpha value is -2.87. The molecule has 2 aromatic carbocycles. The van der Waals surface area contributed by atoms with Crippen LogP contribution in [0.15, 0.2) is 47.4 Å². The van der Waals surface area contributed by atoms with E-state index >= 15 is 0 Å². The molecule has 0 fully saturated rings. The number of amides is 2. The minimum absolute atomic E-state index is 0.00752. The Balaban J connectivity index is 1.92. The summed E-state index contributed by atoms with van der Waals surface area (Å²) in [4.78, 5) is 24.4. The SMILES string of the molecule is CCS(=O)(=O)c1ccc(O)c(NC(=O)CCNC(=O)c2ccc(C(C)(C)C)cc2)c1. The maximum atomic E-state index is 12.2. The number of carbonyl (C=O) groups excluding carboxylic acids is 2. The number of nitrogens with one attached hydrogen (secondary N) is 2. The Morgan fingerprint density at radius 3 is 2.23 bits per heavy atom. The van der Waals surface area contributed by atoms with Crippen LogP contribution in [0.3, 0.4) is 0 Å². The summed E-state index contributed by atoms with van der Waals surface area (Å²) in [5.74, 6) is -1.07. The standard InChI is InChI=1S/C22H28N2O5S/c1-5-30(28,29)17-10-11-19(25)18(14-17)24-20(26)12-13-23-21(27)15-6-8-16(9-7-15)22(2,3)4/h6-11,14,25H,5,12-13H2,1-4H3,(H,23,27)(H,24,26). The van der Waals surface area contributed by atoms with Gasteiger partial charge in [-0.15, -0.1) is 0 Å². The molecule has 0 heterocycles. The van der Waals surface area contributed by atoms with Gasteiger partial charge in [0.1, 0.15) is 5.75 Å². The van der Waals surface area contributed by atoms with Crippen LogP contribution in [0.25, 0.3) is 0 Å². The number of phenols is 1. The third-order valence-electron chi connectivity index (χ3n) is 4.63. The van der Waals surface area contributed by atoms with Gasteiger partial charge in [-0.25, -0.2) is 8.42 Å². The van der Waals surface area contributed by atoms with E-state index in [9.17, 15) is 23.1 Å². The number of anilines is 1. The number of carbonyl (C=O) groups is 2. The van der Waals surface area contributed by atoms with Crippen LogP contribution in [0.5, 0.6) is 5.75 Å². The lowest BCUT2D eigenvalue weighted by Crippen LogP contribution is -2.27. The summed E-state index contributed by atoms with van der Waals surface area (Å²) in [6, 6.07) is 11.0. The first kappa shape index (κ1) is 23.4. The molecule has 8 heteroatoms. The molecule has 0 saturated heterocycles. The van der Waals surface area contributed by atoms with Gasteiger partial charge in [0.2, 0.25) is 5.91 Å². The summed E-state index contributed by atoms with van der Waals surface area (Å²) < 4.78 is 23.9. The highest BCUT2D eigenvalue weighted by atomic mass is 32.2. The van der Waals surface area contributed by atoms with Crippen molar-refractivity contribution >= 4 is 27.3 Å². The monoisotopic (exact) mass is 432 g/mol. The first-order valence-corrected chi connectivity index (χ1v) is 11.3. The molecule has 0 atom stereocenters. The fourth-order valence-corrected chi connectivity index (χ4v) is 3.61. The summed E-state index contributed by atoms with van der Waals surface area (Å²) in [6.07, 6.45) is -0.0317. The zero-order valence-corrected chi connectivity index (χ0v) is 18.5. The van der Waals surface area contributed by atoms with Gasteiger partial charge < -0.3 is 15.7 Å². The van der Waals surface area contributed by atoms with E-state index in [1.54, 1.807) is 12.1 Å². The molecule has 0 aromatic heterocycles. The van der Waals surface area contributed by atoms with Crippen molar-refractivity contribution in [3.63, 3.8) is 0 Å². The molecule has 2 amide bonds. The molecule has 0 aliphatic heterocycles. The van der Waals surface area contributed by atoms with Crippen LogP contribution in [-0.2, 0) is 20.0 Å². The van der Waals surface area contributed by atoms with Crippen LogP contribution < -0.4 is 10.6 Å². The van der Waals surface area contributed by atoms with Gasteiger partial charge >= 0.3 is 0 Å². The van der Waals surface area contributed by atoms with Gasteiger partial charge in [0.15, 0.2) is 9.84 Å². The molecule has 0 spiro atoms. The van der Waals surface area contributed by atoms with Crippen molar-refractivity contribution in [2.75, 3.05) is 17.6 Å². The van der Waals surface area contributed by atoms with Gasteiger partial charge in [0.05, 0.1) is 16.3 Å². The maximum absolute atomic E-state index is 12.2. The summed E-state index contributed by atoms with van der Waals surface area (Å²) in [5, 5.41) is 15.0. The second-order valence-electron chi connectivity index (χ2n) is 7.96. The number of benzene rings is 2. The van der Waals surface area contributed by atoms with Crippen LogP contribution in [-0.4, -0.2) is 37.6 Å². The summed E-state index contributed by atoms with van der Waals surface area (Å²) >= 11 is 0. The molecule has 2 aromatic rings. The third-order valence-corrected chi connectivity index (χ3v) is 6.36. The summed E-state index contributed by atoms with van der Waals surface area (Å²) in [5.41, 5.74) is 1.62. The zero-order chi connectivity index (χ0) is 22.5. The average molecular weight is 433 g/mol. The normalized spacial score (nSPS) is 11.7. The molecule has 0 radical (unpaired) electrons. The largest absolute Gasteiger partial charge is 0.506 e. The van der Waals surface area contributed by atoms with Gasteiger partial charge in [-0.05, 0) is 41.3 Å². The van der Waals surface area contributed by atoms with Crippen molar-refractivity contribution in [2.24, 2.45) is 0 Å². The van der Waals surface area contributed by atoms with Crippen LogP contribution in [0, 0.1) is 0 Å². The Morgan fingerprint density at radius 1 is 1.03 bits per heavy atom. The number of phenolic OH excluding ortho intramolecular Hbond substituents is 1. The van der Waals surface area contributed by atoms with Crippen LogP contribution >= 0.6 is 0 Å². The van der Waals surface area contributed by atoms with Crippen molar-refractivity contribution in [1.82, 2.24) is 5.32 Å². The lowest BCUT2D eigenvalue weighted by molar-refractivity contribution is -0.116. The minimum atomic E-state index is -3.46. The summed E-state index contributed by atoms with van der Waals surface area (Å²) in [7, 11) is -3.46. The molecule has 2 rings (SSSR count). The average Bonchev–Trinajstić information content (AvgIpc) is 2.68. The fourth-order valence-electron chi connectivity index (χ4n) is 2.70. The van der Waals surface area contributed by atoms with Gasteiger partial charge in [-0.1, -0.05) is 39.8 Å². The smallest absolute Gasteiger partial charge is 0.251 e. The minimum Gasteiger partial charge on any atom is -0.506 e. The highest BCUT2D eigenvalue weighted by Crippen LogP contribution is 2.27. The van der Waals surface area contributed by atoms with Gasteiger partial charge in [0.25, 0.3) is 5.91 Å². The molecule has 162 valence electrons. The number of rotatable bonds is 7. The molecule has 0 aliphatic carbocycles. The predicted octanol–water partition coefficient (Wildman–Crippen LogP) is 3.24. The van der Waals surface area contributed by atoms with E-state index in [1.165, 1.54) is 25.1 Å². The predicted molar refractivity (Wildman–Crippen MR) is 117 cm³/mol. The Bertz CT molecular complexity index is 1020. The highest BCUT2D eigenvalue weighted by Gasteiger charge is 2.16. The van der Waals surface area contributed by atoms with E-state index in [0.717, 1.165) is 5.56 Å². The number of aromatic hydroxyl groups is 1. The molecular weight excluding hydrogens is 404 g/mol. The van der Waals surface area contributed by atoms with Crippen molar-refractivity contribution in [2.45, 2.75) is 44.4 Å². The molecule has 0 unspecified atom stereocenters. The van der Waals surface area contributed by atoms with E-state index in [4.69, 9.17) is 0 Å². The van der Waals surface area contributed by atoms with Crippen molar-refractivity contribution in [3.05, 3.63) is 53.6 Å².